The van der Waals surface area contributed by atoms with E-state index in [1.54, 1.807) is 60.6 Å². The molecule has 0 aromatic carbocycles. The summed E-state index contributed by atoms with van der Waals surface area (Å²) in [5.41, 5.74) is 5.36. The van der Waals surface area contributed by atoms with Gasteiger partial charge in [-0.25, -0.2) is 19.2 Å². The highest BCUT2D eigenvalue weighted by atomic mass is 31.2. The smallest absolute Gasteiger partial charge is 0.406 e. The molecule has 46 heavy (non-hydrogen) atoms. The van der Waals surface area contributed by atoms with Crippen molar-refractivity contribution in [1.29, 1.82) is 0 Å². The van der Waals surface area contributed by atoms with Crippen molar-refractivity contribution in [2.45, 2.75) is 91.4 Å². The second kappa shape index (κ2) is 15.6. The topological polar surface area (TPSA) is 201 Å². The molecule has 3 heterocycles. The summed E-state index contributed by atoms with van der Waals surface area (Å²) in [6.45, 7) is 12.4. The first kappa shape index (κ1) is 37.3. The van der Waals surface area contributed by atoms with Gasteiger partial charge in [0.05, 0.1) is 43.5 Å². The zero-order valence-electron chi connectivity index (χ0n) is 27.8. The average molecular weight is 672 g/mol. The SMILES string of the molecule is COCCOP(=O)(N[C@@H](C)C(=O)OC(C)C)OC[C@@]1(C)O[C@@H](c2ccc3c(N)ncnn23)[C@H](OC(=O)C(C)C)[C@@H]1OC(=O)C(C)C. The molecule has 16 nitrogen and oxygen atoms in total. The lowest BCUT2D eigenvalue weighted by Crippen LogP contribution is -2.49. The third kappa shape index (κ3) is 9.02. The lowest BCUT2D eigenvalue weighted by Gasteiger charge is -2.33. The number of methoxy groups -OCH3 is 1. The number of esters is 3. The van der Waals surface area contributed by atoms with E-state index in [-0.39, 0.29) is 19.0 Å². The minimum atomic E-state index is -4.27. The van der Waals surface area contributed by atoms with Crippen LogP contribution < -0.4 is 10.8 Å². The molecular weight excluding hydrogens is 625 g/mol. The summed E-state index contributed by atoms with van der Waals surface area (Å²) in [4.78, 5) is 42.6. The van der Waals surface area contributed by atoms with Crippen LogP contribution in [0, 0.1) is 11.8 Å². The maximum atomic E-state index is 14.0. The fourth-order valence-electron chi connectivity index (χ4n) is 4.50. The lowest BCUT2D eigenvalue weighted by molar-refractivity contribution is -0.176. The lowest BCUT2D eigenvalue weighted by atomic mass is 9.95. The van der Waals surface area contributed by atoms with E-state index in [9.17, 15) is 18.9 Å². The van der Waals surface area contributed by atoms with Crippen molar-refractivity contribution in [2.75, 3.05) is 32.7 Å². The highest BCUT2D eigenvalue weighted by Crippen LogP contribution is 2.49. The third-order valence-corrected chi connectivity index (χ3v) is 8.66. The first-order valence-electron chi connectivity index (χ1n) is 15.0. The first-order chi connectivity index (χ1) is 21.5. The Morgan fingerprint density at radius 1 is 1.02 bits per heavy atom. The fourth-order valence-corrected chi connectivity index (χ4v) is 6.05. The summed E-state index contributed by atoms with van der Waals surface area (Å²) in [6, 6.07) is 2.26. The predicted molar refractivity (Wildman–Crippen MR) is 164 cm³/mol. The number of carbonyl (C=O) groups excluding carboxylic acids is 3. The number of nitrogens with zero attached hydrogens (tertiary/aromatic N) is 3. The standard InChI is InChI=1S/C29H46N5O11P/c1-16(2)26(35)43-23-22(20-10-11-21-25(30)31-15-32-34(20)21)45-29(8,24(23)44-27(36)17(3)4)14-41-46(38,40-13-12-39-9)33-19(7)28(37)42-18(5)6/h10-11,15-19,22-24H,12-14H2,1-9H3,(H,33,38)(H2,30,31,32)/t19-,22-,23-,24-,29+,46?/m0/s1. The Labute approximate surface area is 268 Å². The van der Waals surface area contributed by atoms with Crippen LogP contribution in [0.2, 0.25) is 0 Å². The van der Waals surface area contributed by atoms with Gasteiger partial charge in [0.25, 0.3) is 0 Å². The number of fused-ring (bicyclic) bond motifs is 1. The Morgan fingerprint density at radius 2 is 1.67 bits per heavy atom. The number of nitrogen functional groups attached to an aromatic ring is 1. The Hall–Kier alpha value is -3.14. The van der Waals surface area contributed by atoms with Crippen LogP contribution in [0.25, 0.3) is 5.52 Å². The highest BCUT2D eigenvalue weighted by molar-refractivity contribution is 7.51. The summed E-state index contributed by atoms with van der Waals surface area (Å²) in [5, 5.41) is 6.89. The van der Waals surface area contributed by atoms with E-state index in [4.69, 9.17) is 38.5 Å². The normalized spacial score (nSPS) is 23.5. The molecule has 0 bridgehead atoms. The van der Waals surface area contributed by atoms with Gasteiger partial charge in [0.15, 0.2) is 18.0 Å². The molecule has 1 aliphatic rings. The van der Waals surface area contributed by atoms with Crippen LogP contribution in [0.4, 0.5) is 5.82 Å². The van der Waals surface area contributed by atoms with Gasteiger partial charge in [-0.05, 0) is 39.8 Å². The maximum absolute atomic E-state index is 14.0. The Kier molecular flexibility index (Phi) is 12.7. The van der Waals surface area contributed by atoms with Crippen LogP contribution in [0.5, 0.6) is 0 Å². The van der Waals surface area contributed by atoms with E-state index >= 15 is 0 Å². The minimum absolute atomic E-state index is 0.0732. The van der Waals surface area contributed by atoms with E-state index in [2.05, 4.69) is 15.2 Å². The Bertz CT molecular complexity index is 1420. The summed E-state index contributed by atoms with van der Waals surface area (Å²) in [5.74, 6) is -2.72. The molecule has 0 amide bonds. The van der Waals surface area contributed by atoms with E-state index in [1.165, 1.54) is 24.9 Å². The van der Waals surface area contributed by atoms with E-state index in [0.29, 0.717) is 11.2 Å². The molecule has 0 radical (unpaired) electrons. The van der Waals surface area contributed by atoms with Crippen LogP contribution in [0.3, 0.4) is 0 Å². The van der Waals surface area contributed by atoms with Crippen molar-refractivity contribution < 1.29 is 51.7 Å². The van der Waals surface area contributed by atoms with Crippen molar-refractivity contribution in [1.82, 2.24) is 19.7 Å². The van der Waals surface area contributed by atoms with Gasteiger partial charge in [0, 0.05) is 7.11 Å². The number of rotatable bonds is 16. The maximum Gasteiger partial charge on any atom is 0.406 e. The van der Waals surface area contributed by atoms with Crippen LogP contribution in [-0.4, -0.2) is 89.4 Å². The third-order valence-electron chi connectivity index (χ3n) is 6.96. The van der Waals surface area contributed by atoms with Crippen LogP contribution >= 0.6 is 7.75 Å². The predicted octanol–water partition coefficient (Wildman–Crippen LogP) is 2.99. The molecule has 1 aliphatic heterocycles. The molecule has 258 valence electrons. The van der Waals surface area contributed by atoms with Crippen molar-refractivity contribution in [2.24, 2.45) is 11.8 Å². The van der Waals surface area contributed by atoms with Crippen LogP contribution in [-0.2, 0) is 51.7 Å². The van der Waals surface area contributed by atoms with Gasteiger partial charge < -0.3 is 29.4 Å². The molecule has 3 N–H and O–H groups in total. The van der Waals surface area contributed by atoms with Gasteiger partial charge in [0.1, 0.15) is 29.6 Å². The second-order valence-electron chi connectivity index (χ2n) is 12.1. The summed E-state index contributed by atoms with van der Waals surface area (Å²) >= 11 is 0. The molecule has 17 heteroatoms. The largest absolute Gasteiger partial charge is 0.462 e. The molecule has 1 fully saturated rings. The van der Waals surface area contributed by atoms with Crippen molar-refractivity contribution in [3.63, 3.8) is 0 Å². The molecule has 1 unspecified atom stereocenters. The van der Waals surface area contributed by atoms with E-state index in [1.807, 2.05) is 0 Å². The van der Waals surface area contributed by atoms with Gasteiger partial charge in [-0.15, -0.1) is 0 Å². The van der Waals surface area contributed by atoms with Gasteiger partial charge >= 0.3 is 25.7 Å². The number of ether oxygens (including phenoxy) is 5. The Morgan fingerprint density at radius 3 is 2.28 bits per heavy atom. The monoisotopic (exact) mass is 671 g/mol. The van der Waals surface area contributed by atoms with Crippen LogP contribution in [0.1, 0.15) is 67.2 Å². The van der Waals surface area contributed by atoms with Gasteiger partial charge in [-0.2, -0.15) is 5.10 Å². The molecule has 0 aliphatic carbocycles. The summed E-state index contributed by atoms with van der Waals surface area (Å²) < 4.78 is 55.6. The molecule has 0 spiro atoms. The zero-order valence-corrected chi connectivity index (χ0v) is 28.6. The van der Waals surface area contributed by atoms with E-state index in [0.717, 1.165) is 0 Å². The molecule has 1 saturated heterocycles. The Balaban J connectivity index is 2.05. The molecule has 2 aromatic heterocycles. The number of hydrogen-bond donors (Lipinski definition) is 2. The number of nitrogens with two attached hydrogens (primary N) is 1. The zero-order chi connectivity index (χ0) is 34.4. The first-order valence-corrected chi connectivity index (χ1v) is 16.6. The number of carbonyl (C=O) groups is 3. The van der Waals surface area contributed by atoms with Gasteiger partial charge in [0.2, 0.25) is 0 Å². The van der Waals surface area contributed by atoms with Gasteiger partial charge in [-0.1, -0.05) is 27.7 Å². The summed E-state index contributed by atoms with van der Waals surface area (Å²) in [7, 11) is -2.83. The highest BCUT2D eigenvalue weighted by Gasteiger charge is 2.59. The summed E-state index contributed by atoms with van der Waals surface area (Å²) in [6.07, 6.45) is -2.65. The number of hydrogen-bond acceptors (Lipinski definition) is 14. The average Bonchev–Trinajstić information content (AvgIpc) is 3.52. The molecule has 6 atom stereocenters. The van der Waals surface area contributed by atoms with Crippen molar-refractivity contribution >= 4 is 37.0 Å². The van der Waals surface area contributed by atoms with Crippen molar-refractivity contribution in [3.05, 3.63) is 24.2 Å². The molecule has 2 aromatic rings. The number of aromatic nitrogens is 3. The fraction of sp³-hybridized carbons (Fsp3) is 0.690. The number of anilines is 1. The molecule has 3 rings (SSSR count). The minimum Gasteiger partial charge on any atom is -0.462 e. The van der Waals surface area contributed by atoms with E-state index < -0.39 is 80.2 Å². The second-order valence-corrected chi connectivity index (χ2v) is 13.8. The van der Waals surface area contributed by atoms with Gasteiger partial charge in [-0.3, -0.25) is 23.4 Å². The molecular formula is C29H46N5O11P. The van der Waals surface area contributed by atoms with Crippen molar-refractivity contribution in [3.8, 4) is 0 Å². The molecule has 0 saturated carbocycles. The quantitative estimate of drug-likeness (QED) is 0.114. The number of nitrogens with one attached hydrogen (secondary N) is 1. The van der Waals surface area contributed by atoms with Crippen LogP contribution in [0.15, 0.2) is 18.5 Å².